The van der Waals surface area contributed by atoms with Gasteiger partial charge in [-0.15, -0.1) is 0 Å². The van der Waals surface area contributed by atoms with E-state index < -0.39 is 12.0 Å². The van der Waals surface area contributed by atoms with Crippen LogP contribution in [0.2, 0.25) is 0 Å². The minimum Gasteiger partial charge on any atom is -0.480 e. The summed E-state index contributed by atoms with van der Waals surface area (Å²) in [5.74, 6) is -0.905. The van der Waals surface area contributed by atoms with Gasteiger partial charge in [0.05, 0.1) is 0 Å². The lowest BCUT2D eigenvalue weighted by Crippen LogP contribution is -2.43. The molecule has 1 aliphatic carbocycles. The van der Waals surface area contributed by atoms with E-state index in [4.69, 9.17) is 0 Å². The zero-order chi connectivity index (χ0) is 17.3. The fraction of sp³-hybridized carbons (Fsp3) is 0.389. The topological polar surface area (TPSA) is 75.4 Å². The fourth-order valence-corrected chi connectivity index (χ4v) is 2.79. The molecular weight excluding hydrogens is 306 g/mol. The smallest absolute Gasteiger partial charge is 0.326 e. The van der Waals surface area contributed by atoms with Crippen molar-refractivity contribution in [1.29, 1.82) is 0 Å². The molecular formula is C18H21N3O3. The summed E-state index contributed by atoms with van der Waals surface area (Å²) in [5.41, 5.74) is 2.24. The van der Waals surface area contributed by atoms with Gasteiger partial charge in [0.1, 0.15) is 6.04 Å². The van der Waals surface area contributed by atoms with E-state index in [2.05, 4.69) is 5.10 Å². The summed E-state index contributed by atoms with van der Waals surface area (Å²) in [6.45, 7) is 1.76. The van der Waals surface area contributed by atoms with Crippen LogP contribution in [0.5, 0.6) is 0 Å². The molecule has 1 fully saturated rings. The third-order valence-corrected chi connectivity index (χ3v) is 4.41. The molecule has 1 aliphatic rings. The number of carbonyl (C=O) groups excluding carboxylic acids is 1. The zero-order valence-electron chi connectivity index (χ0n) is 13.8. The van der Waals surface area contributed by atoms with E-state index in [9.17, 15) is 14.7 Å². The molecule has 1 atom stereocenters. The molecule has 24 heavy (non-hydrogen) atoms. The van der Waals surface area contributed by atoms with Gasteiger partial charge in [-0.05, 0) is 31.4 Å². The van der Waals surface area contributed by atoms with Crippen LogP contribution in [0.3, 0.4) is 0 Å². The van der Waals surface area contributed by atoms with Gasteiger partial charge in [0.15, 0.2) is 5.69 Å². The first-order valence-corrected chi connectivity index (χ1v) is 8.09. The fourth-order valence-electron chi connectivity index (χ4n) is 2.79. The Hall–Kier alpha value is -2.63. The molecule has 1 N–H and O–H groups in total. The minimum atomic E-state index is -1.03. The first-order valence-electron chi connectivity index (χ1n) is 8.09. The van der Waals surface area contributed by atoms with Gasteiger partial charge in [0.25, 0.3) is 5.91 Å². The molecule has 0 radical (unpaired) electrons. The van der Waals surface area contributed by atoms with Crippen molar-refractivity contribution in [3.63, 3.8) is 0 Å². The Morgan fingerprint density at radius 1 is 1.33 bits per heavy atom. The van der Waals surface area contributed by atoms with Gasteiger partial charge in [-0.1, -0.05) is 30.3 Å². The third-order valence-electron chi connectivity index (χ3n) is 4.41. The number of aryl methyl sites for hydroxylation is 1. The zero-order valence-corrected chi connectivity index (χ0v) is 13.8. The highest BCUT2D eigenvalue weighted by molar-refractivity contribution is 5.95. The summed E-state index contributed by atoms with van der Waals surface area (Å²) < 4.78 is 1.73. The van der Waals surface area contributed by atoms with Crippen molar-refractivity contribution < 1.29 is 14.7 Å². The van der Waals surface area contributed by atoms with Crippen LogP contribution in [-0.4, -0.2) is 37.7 Å². The average Bonchev–Trinajstić information content (AvgIpc) is 3.34. The number of carboxylic acids is 1. The molecule has 3 rings (SSSR count). The van der Waals surface area contributed by atoms with Crippen molar-refractivity contribution in [3.8, 4) is 0 Å². The maximum absolute atomic E-state index is 12.9. The van der Waals surface area contributed by atoms with E-state index in [0.29, 0.717) is 11.6 Å². The van der Waals surface area contributed by atoms with E-state index in [0.717, 1.165) is 24.1 Å². The van der Waals surface area contributed by atoms with E-state index in [1.165, 1.54) is 11.8 Å². The van der Waals surface area contributed by atoms with Gasteiger partial charge in [-0.3, -0.25) is 9.48 Å². The molecule has 6 heteroatoms. The number of nitrogens with zero attached hydrogens (tertiary/aromatic N) is 3. The number of hydrogen-bond acceptors (Lipinski definition) is 3. The molecule has 126 valence electrons. The molecule has 1 aromatic carbocycles. The van der Waals surface area contributed by atoms with Crippen LogP contribution in [0.1, 0.15) is 47.4 Å². The SMILES string of the molecule is CC(C(=O)O)N(Cc1ccccc1)C(=O)c1cc(C2CC2)n(C)n1. The van der Waals surface area contributed by atoms with Crippen molar-refractivity contribution in [2.75, 3.05) is 0 Å². The lowest BCUT2D eigenvalue weighted by molar-refractivity contribution is -0.141. The van der Waals surface area contributed by atoms with Crippen molar-refractivity contribution in [3.05, 3.63) is 53.3 Å². The van der Waals surface area contributed by atoms with Crippen molar-refractivity contribution >= 4 is 11.9 Å². The highest BCUT2D eigenvalue weighted by Crippen LogP contribution is 2.40. The molecule has 1 heterocycles. The number of amides is 1. The summed E-state index contributed by atoms with van der Waals surface area (Å²) in [5, 5.41) is 13.7. The Morgan fingerprint density at radius 2 is 2.00 bits per heavy atom. The molecule has 0 bridgehead atoms. The second-order valence-corrected chi connectivity index (χ2v) is 6.29. The van der Waals surface area contributed by atoms with Crippen LogP contribution >= 0.6 is 0 Å². The molecule has 1 saturated carbocycles. The molecule has 6 nitrogen and oxygen atoms in total. The summed E-state index contributed by atoms with van der Waals surface area (Å²) in [4.78, 5) is 25.7. The van der Waals surface area contributed by atoms with Crippen LogP contribution in [0.4, 0.5) is 0 Å². The predicted octanol–water partition coefficient (Wildman–Crippen LogP) is 2.41. The van der Waals surface area contributed by atoms with Crippen LogP contribution in [0.15, 0.2) is 36.4 Å². The van der Waals surface area contributed by atoms with Crippen LogP contribution in [-0.2, 0) is 18.4 Å². The number of aliphatic carboxylic acids is 1. The first kappa shape index (κ1) is 16.2. The Balaban J connectivity index is 1.87. The van der Waals surface area contributed by atoms with Crippen molar-refractivity contribution in [2.45, 2.75) is 38.3 Å². The summed E-state index contributed by atoms with van der Waals surface area (Å²) >= 11 is 0. The second kappa shape index (κ2) is 6.47. The number of rotatable bonds is 6. The molecule has 1 aromatic heterocycles. The van der Waals surface area contributed by atoms with E-state index in [-0.39, 0.29) is 12.5 Å². The number of benzene rings is 1. The van der Waals surface area contributed by atoms with Gasteiger partial charge >= 0.3 is 5.97 Å². The lowest BCUT2D eigenvalue weighted by atomic mass is 10.1. The number of aromatic nitrogens is 2. The Kier molecular flexibility index (Phi) is 4.38. The van der Waals surface area contributed by atoms with Crippen LogP contribution < -0.4 is 0 Å². The summed E-state index contributed by atoms with van der Waals surface area (Å²) in [7, 11) is 1.83. The minimum absolute atomic E-state index is 0.239. The summed E-state index contributed by atoms with van der Waals surface area (Å²) in [6.07, 6.45) is 2.23. The molecule has 0 saturated heterocycles. The van der Waals surface area contributed by atoms with Gasteiger partial charge < -0.3 is 10.0 Å². The molecule has 0 aliphatic heterocycles. The van der Waals surface area contributed by atoms with Crippen LogP contribution in [0.25, 0.3) is 0 Å². The van der Waals surface area contributed by atoms with E-state index in [1.54, 1.807) is 10.7 Å². The quantitative estimate of drug-likeness (QED) is 0.884. The second-order valence-electron chi connectivity index (χ2n) is 6.29. The lowest BCUT2D eigenvalue weighted by Gasteiger charge is -2.25. The largest absolute Gasteiger partial charge is 0.480 e. The standard InChI is InChI=1S/C18H21N3O3/c1-12(18(23)24)21(11-13-6-4-3-5-7-13)17(22)15-10-16(14-8-9-14)20(2)19-15/h3-7,10,12,14H,8-9,11H2,1-2H3,(H,23,24). The maximum atomic E-state index is 12.9. The Labute approximate surface area is 140 Å². The van der Waals surface area contributed by atoms with E-state index >= 15 is 0 Å². The maximum Gasteiger partial charge on any atom is 0.326 e. The van der Waals surface area contributed by atoms with E-state index in [1.807, 2.05) is 37.4 Å². The van der Waals surface area contributed by atoms with Gasteiger partial charge in [0.2, 0.25) is 0 Å². The van der Waals surface area contributed by atoms with Gasteiger partial charge in [-0.25, -0.2) is 4.79 Å². The molecule has 1 unspecified atom stereocenters. The average molecular weight is 327 g/mol. The van der Waals surface area contributed by atoms with Gasteiger partial charge in [0, 0.05) is 25.2 Å². The molecule has 2 aromatic rings. The molecule has 0 spiro atoms. The monoisotopic (exact) mass is 327 g/mol. The Morgan fingerprint density at radius 3 is 2.58 bits per heavy atom. The highest BCUT2D eigenvalue weighted by Gasteiger charge is 2.32. The van der Waals surface area contributed by atoms with Crippen LogP contribution in [0, 0.1) is 0 Å². The number of carboxylic acid groups (broad SMARTS) is 1. The van der Waals surface area contributed by atoms with Gasteiger partial charge in [-0.2, -0.15) is 5.10 Å². The predicted molar refractivity (Wildman–Crippen MR) is 88.6 cm³/mol. The third kappa shape index (κ3) is 3.32. The van der Waals surface area contributed by atoms with Crippen molar-refractivity contribution in [1.82, 2.24) is 14.7 Å². The highest BCUT2D eigenvalue weighted by atomic mass is 16.4. The first-order chi connectivity index (χ1) is 11.5. The normalized spacial score (nSPS) is 15.1. The number of carbonyl (C=O) groups is 2. The Bertz CT molecular complexity index is 750. The summed E-state index contributed by atoms with van der Waals surface area (Å²) in [6, 6.07) is 10.3. The van der Waals surface area contributed by atoms with Crippen molar-refractivity contribution in [2.24, 2.45) is 7.05 Å². The number of hydrogen-bond donors (Lipinski definition) is 1. The molecule has 1 amide bonds.